The topological polar surface area (TPSA) is 112 Å². The predicted molar refractivity (Wildman–Crippen MR) is 125 cm³/mol. The van der Waals surface area contributed by atoms with E-state index in [1.54, 1.807) is 17.6 Å². The van der Waals surface area contributed by atoms with Crippen molar-refractivity contribution < 1.29 is 32.0 Å². The first-order chi connectivity index (χ1) is 17.0. The van der Waals surface area contributed by atoms with E-state index in [0.717, 1.165) is 17.8 Å². The molecule has 3 rings (SSSR count). The number of nitrogens with one attached hydrogen (secondary N) is 1. The highest BCUT2D eigenvalue weighted by molar-refractivity contribution is 7.99. The molecule has 0 saturated carbocycles. The number of aromatic nitrogens is 3. The standard InChI is InChI=1S/C21H18ClF4N5O4S/c1-2-30-18(12-4-3-5-14(8-12)35-11-21(25,26)19(23)24)28-29-20(30)36-10-17(32)27-13-6-7-15(22)16(9-13)31(33)34/h3-9,19H,2,10-11H2,1H3,(H,27,32). The molecule has 1 heterocycles. The number of amides is 1. The van der Waals surface area contributed by atoms with Crippen molar-refractivity contribution in [1.29, 1.82) is 0 Å². The second-order valence-electron chi connectivity index (χ2n) is 7.19. The molecule has 1 N–H and O–H groups in total. The predicted octanol–water partition coefficient (Wildman–Crippen LogP) is 5.54. The third kappa shape index (κ3) is 6.63. The Morgan fingerprint density at radius 3 is 2.69 bits per heavy atom. The summed E-state index contributed by atoms with van der Waals surface area (Å²) < 4.78 is 57.6. The molecule has 0 fully saturated rings. The van der Waals surface area contributed by atoms with E-state index in [-0.39, 0.29) is 27.9 Å². The van der Waals surface area contributed by atoms with Crippen molar-refractivity contribution in [2.75, 3.05) is 17.7 Å². The van der Waals surface area contributed by atoms with Gasteiger partial charge < -0.3 is 14.6 Å². The zero-order chi connectivity index (χ0) is 26.5. The van der Waals surface area contributed by atoms with E-state index in [1.807, 2.05) is 0 Å². The van der Waals surface area contributed by atoms with Crippen molar-refractivity contribution in [3.8, 4) is 17.1 Å². The minimum Gasteiger partial charge on any atom is -0.487 e. The van der Waals surface area contributed by atoms with Crippen LogP contribution < -0.4 is 10.1 Å². The van der Waals surface area contributed by atoms with Gasteiger partial charge in [-0.05, 0) is 31.2 Å². The van der Waals surface area contributed by atoms with E-state index in [1.165, 1.54) is 30.3 Å². The van der Waals surface area contributed by atoms with Crippen LogP contribution in [0.2, 0.25) is 5.02 Å². The molecule has 0 radical (unpaired) electrons. The van der Waals surface area contributed by atoms with Gasteiger partial charge in [0.2, 0.25) is 5.91 Å². The first kappa shape index (κ1) is 27.2. The Morgan fingerprint density at radius 1 is 1.28 bits per heavy atom. The van der Waals surface area contributed by atoms with Gasteiger partial charge in [0.15, 0.2) is 17.6 Å². The number of nitrogens with zero attached hydrogens (tertiary/aromatic N) is 4. The van der Waals surface area contributed by atoms with Gasteiger partial charge in [-0.1, -0.05) is 35.5 Å². The summed E-state index contributed by atoms with van der Waals surface area (Å²) in [5.74, 6) is -4.55. The minimum atomic E-state index is -4.29. The third-order valence-corrected chi connectivity index (χ3v) is 5.92. The maximum absolute atomic E-state index is 13.2. The summed E-state index contributed by atoms with van der Waals surface area (Å²) in [5.41, 5.74) is 0.289. The summed E-state index contributed by atoms with van der Waals surface area (Å²) in [6, 6.07) is 9.69. The van der Waals surface area contributed by atoms with Crippen LogP contribution in [0, 0.1) is 10.1 Å². The molecule has 0 aliphatic rings. The lowest BCUT2D eigenvalue weighted by atomic mass is 10.2. The Kier molecular flexibility index (Phi) is 8.74. The molecule has 0 spiro atoms. The smallest absolute Gasteiger partial charge is 0.340 e. The first-order valence-corrected chi connectivity index (χ1v) is 11.6. The van der Waals surface area contributed by atoms with E-state index in [2.05, 4.69) is 15.5 Å². The molecule has 0 atom stereocenters. The quantitative estimate of drug-likeness (QED) is 0.145. The SMILES string of the molecule is CCn1c(SCC(=O)Nc2ccc(Cl)c([N+](=O)[O-])c2)nnc1-c1cccc(OCC(F)(F)C(F)F)c1. The van der Waals surface area contributed by atoms with Gasteiger partial charge in [0, 0.05) is 23.9 Å². The van der Waals surface area contributed by atoms with E-state index < -0.39 is 29.8 Å². The number of halogens is 5. The van der Waals surface area contributed by atoms with Gasteiger partial charge in [0.1, 0.15) is 10.8 Å². The number of benzene rings is 2. The maximum Gasteiger partial charge on any atom is 0.340 e. The Morgan fingerprint density at radius 2 is 2.03 bits per heavy atom. The summed E-state index contributed by atoms with van der Waals surface area (Å²) in [5, 5.41) is 22.0. The minimum absolute atomic E-state index is 0.0517. The summed E-state index contributed by atoms with van der Waals surface area (Å²) in [6.07, 6.45) is -3.85. The number of anilines is 1. The largest absolute Gasteiger partial charge is 0.487 e. The fraction of sp³-hybridized carbons (Fsp3) is 0.286. The zero-order valence-corrected chi connectivity index (χ0v) is 20.0. The molecule has 2 aromatic carbocycles. The molecule has 0 saturated heterocycles. The monoisotopic (exact) mass is 547 g/mol. The van der Waals surface area contributed by atoms with Gasteiger partial charge in [0.25, 0.3) is 5.69 Å². The first-order valence-electron chi connectivity index (χ1n) is 10.2. The van der Waals surface area contributed by atoms with Crippen LogP contribution in [0.3, 0.4) is 0 Å². The van der Waals surface area contributed by atoms with Crippen molar-refractivity contribution in [2.24, 2.45) is 0 Å². The van der Waals surface area contributed by atoms with Crippen LogP contribution >= 0.6 is 23.4 Å². The number of hydrogen-bond donors (Lipinski definition) is 1. The fourth-order valence-electron chi connectivity index (χ4n) is 2.92. The molecule has 3 aromatic rings. The van der Waals surface area contributed by atoms with Crippen molar-refractivity contribution in [2.45, 2.75) is 31.0 Å². The molecule has 0 aliphatic heterocycles. The number of carbonyl (C=O) groups is 1. The van der Waals surface area contributed by atoms with Crippen molar-refractivity contribution >= 4 is 40.6 Å². The van der Waals surface area contributed by atoms with Crippen molar-refractivity contribution in [3.63, 3.8) is 0 Å². The highest BCUT2D eigenvalue weighted by Gasteiger charge is 2.41. The number of carbonyl (C=O) groups excluding carboxylic acids is 1. The zero-order valence-electron chi connectivity index (χ0n) is 18.5. The number of alkyl halides is 4. The second kappa shape index (κ2) is 11.6. The Labute approximate surface area is 210 Å². The molecule has 36 heavy (non-hydrogen) atoms. The molecule has 192 valence electrons. The van der Waals surface area contributed by atoms with Crippen molar-refractivity contribution in [3.05, 3.63) is 57.6 Å². The summed E-state index contributed by atoms with van der Waals surface area (Å²) in [7, 11) is 0. The lowest BCUT2D eigenvalue weighted by Crippen LogP contribution is -2.33. The molecule has 15 heteroatoms. The number of thioether (sulfide) groups is 1. The molecule has 0 unspecified atom stereocenters. The van der Waals surface area contributed by atoms with Gasteiger partial charge in [-0.25, -0.2) is 8.78 Å². The molecule has 0 bridgehead atoms. The van der Waals surface area contributed by atoms with Crippen LogP contribution in [0.4, 0.5) is 28.9 Å². The second-order valence-corrected chi connectivity index (χ2v) is 8.54. The van der Waals surface area contributed by atoms with Crippen LogP contribution in [-0.2, 0) is 11.3 Å². The molecule has 0 aliphatic carbocycles. The van der Waals surface area contributed by atoms with Gasteiger partial charge in [-0.15, -0.1) is 10.2 Å². The number of nitro benzene ring substituents is 1. The molecular formula is C21H18ClF4N5O4S. The highest BCUT2D eigenvalue weighted by Crippen LogP contribution is 2.30. The van der Waals surface area contributed by atoms with Gasteiger partial charge in [-0.2, -0.15) is 8.78 Å². The van der Waals surface area contributed by atoms with E-state index in [9.17, 15) is 32.5 Å². The highest BCUT2D eigenvalue weighted by atomic mass is 35.5. The van der Waals surface area contributed by atoms with Crippen molar-refractivity contribution in [1.82, 2.24) is 14.8 Å². The van der Waals surface area contributed by atoms with Gasteiger partial charge >= 0.3 is 12.3 Å². The maximum atomic E-state index is 13.2. The van der Waals surface area contributed by atoms with E-state index in [0.29, 0.717) is 23.1 Å². The Bertz CT molecular complexity index is 1260. The van der Waals surface area contributed by atoms with Crippen LogP contribution in [0.25, 0.3) is 11.4 Å². The number of rotatable bonds is 11. The van der Waals surface area contributed by atoms with Crippen LogP contribution in [0.1, 0.15) is 6.92 Å². The summed E-state index contributed by atoms with van der Waals surface area (Å²) in [6.45, 7) is 0.707. The lowest BCUT2D eigenvalue weighted by molar-refractivity contribution is -0.384. The Hall–Kier alpha value is -3.39. The van der Waals surface area contributed by atoms with E-state index >= 15 is 0 Å². The van der Waals surface area contributed by atoms with Crippen LogP contribution in [-0.4, -0.2) is 50.3 Å². The average Bonchev–Trinajstić information content (AvgIpc) is 3.25. The lowest BCUT2D eigenvalue weighted by Gasteiger charge is -2.16. The number of ether oxygens (including phenoxy) is 1. The van der Waals surface area contributed by atoms with E-state index in [4.69, 9.17) is 16.3 Å². The average molecular weight is 548 g/mol. The van der Waals surface area contributed by atoms with Gasteiger partial charge in [-0.3, -0.25) is 14.9 Å². The summed E-state index contributed by atoms with van der Waals surface area (Å²) in [4.78, 5) is 22.7. The summed E-state index contributed by atoms with van der Waals surface area (Å²) >= 11 is 6.82. The fourth-order valence-corrected chi connectivity index (χ4v) is 3.91. The Balaban J connectivity index is 1.68. The normalized spacial score (nSPS) is 11.5. The molecule has 1 aromatic heterocycles. The molecular weight excluding hydrogens is 530 g/mol. The van der Waals surface area contributed by atoms with Crippen LogP contribution in [0.15, 0.2) is 47.6 Å². The number of hydrogen-bond acceptors (Lipinski definition) is 7. The van der Waals surface area contributed by atoms with Gasteiger partial charge in [0.05, 0.1) is 10.7 Å². The molecule has 9 nitrogen and oxygen atoms in total. The van der Waals surface area contributed by atoms with Crippen LogP contribution in [0.5, 0.6) is 5.75 Å². The number of nitro groups is 1. The third-order valence-electron chi connectivity index (χ3n) is 4.63. The molecule has 1 amide bonds.